The van der Waals surface area contributed by atoms with Crippen LogP contribution in [-0.2, 0) is 5.41 Å². The summed E-state index contributed by atoms with van der Waals surface area (Å²) in [4.78, 5) is 4.32. The number of hydrogen-bond donors (Lipinski definition) is 1. The number of benzene rings is 1. The van der Waals surface area contributed by atoms with Gasteiger partial charge in [-0.2, -0.15) is 5.26 Å². The van der Waals surface area contributed by atoms with Crippen molar-refractivity contribution in [3.05, 3.63) is 47.5 Å². The molecule has 1 unspecified atom stereocenters. The van der Waals surface area contributed by atoms with Gasteiger partial charge in [0.15, 0.2) is 0 Å². The minimum atomic E-state index is 0.0764. The third-order valence-corrected chi connectivity index (χ3v) is 4.25. The molecule has 1 aliphatic heterocycles. The SMILES string of the molecule is Cc1cccc(-n2cncc2C2(C)CCNC2)c1C#N. The molecule has 1 saturated heterocycles. The van der Waals surface area contributed by atoms with Crippen LogP contribution in [0.4, 0.5) is 0 Å². The van der Waals surface area contributed by atoms with Gasteiger partial charge in [0.2, 0.25) is 0 Å². The molecule has 3 rings (SSSR count). The Morgan fingerprint density at radius 3 is 3.00 bits per heavy atom. The predicted octanol–water partition coefficient (Wildman–Crippen LogP) is 2.30. The summed E-state index contributed by atoms with van der Waals surface area (Å²) in [6, 6.07) is 8.27. The highest BCUT2D eigenvalue weighted by Crippen LogP contribution is 2.32. The molecule has 0 bridgehead atoms. The van der Waals surface area contributed by atoms with Crippen LogP contribution in [0.25, 0.3) is 5.69 Å². The van der Waals surface area contributed by atoms with Crippen molar-refractivity contribution in [1.82, 2.24) is 14.9 Å². The molecule has 4 heteroatoms. The molecular formula is C16H18N4. The Bertz CT molecular complexity index is 672. The Kier molecular flexibility index (Phi) is 3.07. The van der Waals surface area contributed by atoms with Crippen molar-refractivity contribution in [3.63, 3.8) is 0 Å². The van der Waals surface area contributed by atoms with E-state index in [1.807, 2.05) is 37.6 Å². The molecule has 1 N–H and O–H groups in total. The maximum absolute atomic E-state index is 9.42. The van der Waals surface area contributed by atoms with E-state index in [-0.39, 0.29) is 5.41 Å². The average molecular weight is 266 g/mol. The van der Waals surface area contributed by atoms with Gasteiger partial charge in [-0.15, -0.1) is 0 Å². The van der Waals surface area contributed by atoms with E-state index >= 15 is 0 Å². The van der Waals surface area contributed by atoms with Gasteiger partial charge in [0.25, 0.3) is 0 Å². The average Bonchev–Trinajstić information content (AvgIpc) is 3.07. The Morgan fingerprint density at radius 2 is 2.30 bits per heavy atom. The lowest BCUT2D eigenvalue weighted by molar-refractivity contribution is 0.498. The van der Waals surface area contributed by atoms with Gasteiger partial charge in [-0.3, -0.25) is 0 Å². The van der Waals surface area contributed by atoms with E-state index in [1.54, 1.807) is 0 Å². The first kappa shape index (κ1) is 12.9. The Morgan fingerprint density at radius 1 is 1.45 bits per heavy atom. The Balaban J connectivity index is 2.16. The molecule has 0 saturated carbocycles. The molecule has 2 heterocycles. The molecule has 1 atom stereocenters. The summed E-state index contributed by atoms with van der Waals surface area (Å²) in [5.74, 6) is 0. The molecule has 20 heavy (non-hydrogen) atoms. The van der Waals surface area contributed by atoms with Crippen molar-refractivity contribution in [2.45, 2.75) is 25.7 Å². The third kappa shape index (κ3) is 1.91. The highest BCUT2D eigenvalue weighted by atomic mass is 15.1. The molecule has 1 aromatic heterocycles. The fourth-order valence-electron chi connectivity index (χ4n) is 2.97. The van der Waals surface area contributed by atoms with E-state index in [0.29, 0.717) is 0 Å². The van der Waals surface area contributed by atoms with Crippen LogP contribution in [0, 0.1) is 18.3 Å². The second kappa shape index (κ2) is 4.77. The van der Waals surface area contributed by atoms with Gasteiger partial charge in [-0.05, 0) is 31.5 Å². The fourth-order valence-corrected chi connectivity index (χ4v) is 2.97. The van der Waals surface area contributed by atoms with E-state index in [0.717, 1.165) is 36.3 Å². The first-order chi connectivity index (χ1) is 9.65. The molecule has 102 valence electrons. The second-order valence-corrected chi connectivity index (χ2v) is 5.72. The third-order valence-electron chi connectivity index (χ3n) is 4.25. The number of rotatable bonds is 2. The summed E-state index contributed by atoms with van der Waals surface area (Å²) in [7, 11) is 0. The van der Waals surface area contributed by atoms with Crippen LogP contribution in [0.5, 0.6) is 0 Å². The zero-order valence-electron chi connectivity index (χ0n) is 11.8. The summed E-state index contributed by atoms with van der Waals surface area (Å²) in [5.41, 5.74) is 3.89. The van der Waals surface area contributed by atoms with E-state index < -0.39 is 0 Å². The standard InChI is InChI=1S/C16H18N4/c1-12-4-3-5-14(13(12)8-17)20-11-19-9-15(20)16(2)6-7-18-10-16/h3-5,9,11,18H,6-7,10H2,1-2H3. The highest BCUT2D eigenvalue weighted by molar-refractivity contribution is 5.54. The van der Waals surface area contributed by atoms with Crippen LogP contribution in [0.2, 0.25) is 0 Å². The van der Waals surface area contributed by atoms with E-state index in [9.17, 15) is 5.26 Å². The van der Waals surface area contributed by atoms with E-state index in [4.69, 9.17) is 0 Å². The minimum Gasteiger partial charge on any atom is -0.316 e. The molecule has 0 aliphatic carbocycles. The van der Waals surface area contributed by atoms with E-state index in [2.05, 4.69) is 27.9 Å². The highest BCUT2D eigenvalue weighted by Gasteiger charge is 2.34. The molecule has 0 amide bonds. The molecular weight excluding hydrogens is 248 g/mol. The summed E-state index contributed by atoms with van der Waals surface area (Å²) < 4.78 is 2.07. The number of nitriles is 1. The second-order valence-electron chi connectivity index (χ2n) is 5.72. The number of nitrogens with zero attached hydrogens (tertiary/aromatic N) is 3. The molecule has 2 aromatic rings. The van der Waals surface area contributed by atoms with Crippen LogP contribution in [-0.4, -0.2) is 22.6 Å². The maximum atomic E-state index is 9.42. The Labute approximate surface area is 119 Å². The summed E-state index contributed by atoms with van der Waals surface area (Å²) >= 11 is 0. The van der Waals surface area contributed by atoms with Crippen molar-refractivity contribution in [2.75, 3.05) is 13.1 Å². The van der Waals surface area contributed by atoms with Gasteiger partial charge in [0.1, 0.15) is 6.07 Å². The number of aromatic nitrogens is 2. The van der Waals surface area contributed by atoms with Crippen molar-refractivity contribution in [2.24, 2.45) is 0 Å². The van der Waals surface area contributed by atoms with Crippen LogP contribution >= 0.6 is 0 Å². The van der Waals surface area contributed by atoms with Gasteiger partial charge in [0.05, 0.1) is 17.6 Å². The first-order valence-electron chi connectivity index (χ1n) is 6.89. The number of hydrogen-bond acceptors (Lipinski definition) is 3. The molecule has 1 aliphatic rings. The molecule has 4 nitrogen and oxygen atoms in total. The van der Waals surface area contributed by atoms with Crippen LogP contribution < -0.4 is 5.32 Å². The maximum Gasteiger partial charge on any atom is 0.102 e. The summed E-state index contributed by atoms with van der Waals surface area (Å²) in [6.07, 6.45) is 4.83. The van der Waals surface area contributed by atoms with Gasteiger partial charge >= 0.3 is 0 Å². The van der Waals surface area contributed by atoms with Crippen LogP contribution in [0.15, 0.2) is 30.7 Å². The van der Waals surface area contributed by atoms with Crippen molar-refractivity contribution >= 4 is 0 Å². The van der Waals surface area contributed by atoms with Crippen LogP contribution in [0.3, 0.4) is 0 Å². The quantitative estimate of drug-likeness (QED) is 0.907. The van der Waals surface area contributed by atoms with Gasteiger partial charge in [-0.25, -0.2) is 4.98 Å². The zero-order chi connectivity index (χ0) is 14.2. The predicted molar refractivity (Wildman–Crippen MR) is 77.9 cm³/mol. The molecule has 1 fully saturated rings. The number of nitrogens with one attached hydrogen (secondary N) is 1. The zero-order valence-corrected chi connectivity index (χ0v) is 11.8. The number of aryl methyl sites for hydroxylation is 1. The largest absolute Gasteiger partial charge is 0.316 e. The van der Waals surface area contributed by atoms with Gasteiger partial charge < -0.3 is 9.88 Å². The minimum absolute atomic E-state index is 0.0764. The van der Waals surface area contributed by atoms with Gasteiger partial charge in [-0.1, -0.05) is 19.1 Å². The molecule has 1 aromatic carbocycles. The fraction of sp³-hybridized carbons (Fsp3) is 0.375. The van der Waals surface area contributed by atoms with Crippen molar-refractivity contribution < 1.29 is 0 Å². The van der Waals surface area contributed by atoms with Crippen molar-refractivity contribution in [1.29, 1.82) is 5.26 Å². The number of imidazole rings is 1. The van der Waals surface area contributed by atoms with Crippen molar-refractivity contribution in [3.8, 4) is 11.8 Å². The lowest BCUT2D eigenvalue weighted by Gasteiger charge is -2.24. The topological polar surface area (TPSA) is 53.6 Å². The normalized spacial score (nSPS) is 21.9. The summed E-state index contributed by atoms with van der Waals surface area (Å²) in [6.45, 7) is 6.20. The molecule has 0 spiro atoms. The van der Waals surface area contributed by atoms with Gasteiger partial charge in [0, 0.05) is 23.9 Å². The smallest absolute Gasteiger partial charge is 0.102 e. The molecule has 0 radical (unpaired) electrons. The lowest BCUT2D eigenvalue weighted by atomic mass is 9.86. The summed E-state index contributed by atoms with van der Waals surface area (Å²) in [5, 5.41) is 12.8. The Hall–Kier alpha value is -2.12. The monoisotopic (exact) mass is 266 g/mol. The van der Waals surface area contributed by atoms with E-state index in [1.165, 1.54) is 5.69 Å². The lowest BCUT2D eigenvalue weighted by Crippen LogP contribution is -2.27. The first-order valence-corrected chi connectivity index (χ1v) is 6.89. The van der Waals surface area contributed by atoms with Crippen LogP contribution in [0.1, 0.15) is 30.2 Å².